The number of nitrogens with one attached hydrogen (secondary N) is 1. The highest BCUT2D eigenvalue weighted by molar-refractivity contribution is 5.26. The molecular weight excluding hydrogens is 270 g/mol. The highest BCUT2D eigenvalue weighted by atomic mass is 16.1. The van der Waals surface area contributed by atoms with Crippen LogP contribution in [0.15, 0.2) is 0 Å². The average Bonchev–Trinajstić information content (AvgIpc) is 2.52. The first-order valence-electron chi connectivity index (χ1n) is 9.87. The molecule has 0 aromatic carbocycles. The normalized spacial score (nSPS) is 9.91. The second kappa shape index (κ2) is 25.3. The maximum absolute atomic E-state index is 8.35. The average molecular weight is 312 g/mol. The zero-order chi connectivity index (χ0) is 16.7. The molecular formula is C20H41NO. The molecule has 0 aliphatic rings. The van der Waals surface area contributed by atoms with E-state index in [9.17, 15) is 0 Å². The molecule has 0 radical (unpaired) electrons. The summed E-state index contributed by atoms with van der Waals surface area (Å²) < 4.78 is 0. The minimum atomic E-state index is 0.750. The summed E-state index contributed by atoms with van der Waals surface area (Å²) in [5, 5.41) is 5.40. The van der Waals surface area contributed by atoms with Crippen molar-refractivity contribution in [1.29, 1.82) is 5.41 Å². The molecule has 0 saturated heterocycles. The van der Waals surface area contributed by atoms with Crippen molar-refractivity contribution < 1.29 is 4.79 Å². The van der Waals surface area contributed by atoms with Crippen LogP contribution >= 0.6 is 0 Å². The minimum Gasteiger partial charge on any atom is -0.222 e. The Morgan fingerprint density at radius 3 is 0.773 bits per heavy atom. The van der Waals surface area contributed by atoms with Gasteiger partial charge in [-0.1, -0.05) is 123 Å². The van der Waals surface area contributed by atoms with Gasteiger partial charge in [0, 0.05) is 0 Å². The van der Waals surface area contributed by atoms with Gasteiger partial charge in [-0.2, -0.15) is 0 Å². The molecule has 0 rings (SSSR count). The first-order valence-corrected chi connectivity index (χ1v) is 9.87. The summed E-state index contributed by atoms with van der Waals surface area (Å²) in [4.78, 5) is 8.35. The van der Waals surface area contributed by atoms with Gasteiger partial charge in [-0.05, 0) is 0 Å². The Morgan fingerprint density at radius 2 is 0.636 bits per heavy atom. The molecule has 0 fully saturated rings. The van der Waals surface area contributed by atoms with Crippen LogP contribution in [0.4, 0.5) is 0 Å². The van der Waals surface area contributed by atoms with Crippen molar-refractivity contribution in [3.05, 3.63) is 0 Å². The van der Waals surface area contributed by atoms with Gasteiger partial charge in [-0.3, -0.25) is 0 Å². The first kappa shape index (κ1) is 23.6. The maximum atomic E-state index is 8.35. The Labute approximate surface area is 140 Å². The summed E-state index contributed by atoms with van der Waals surface area (Å²) in [5.74, 6) is 0. The highest BCUT2D eigenvalue weighted by Crippen LogP contribution is 2.13. The standard InChI is InChI=1S/C19H40.CHNO/c1-3-5-7-9-11-13-15-17-19-18-16-14-12-10-8-6-4-2;2-1-3/h3-19H2,1-2H3;2H. The van der Waals surface area contributed by atoms with Crippen LogP contribution in [0.2, 0.25) is 0 Å². The van der Waals surface area contributed by atoms with Gasteiger partial charge >= 0.3 is 0 Å². The van der Waals surface area contributed by atoms with Crippen molar-refractivity contribution >= 4 is 6.08 Å². The number of hydrogen-bond donors (Lipinski definition) is 1. The second-order valence-corrected chi connectivity index (χ2v) is 6.41. The summed E-state index contributed by atoms with van der Waals surface area (Å²) in [7, 11) is 0. The van der Waals surface area contributed by atoms with Crippen LogP contribution in [-0.2, 0) is 4.79 Å². The third-order valence-corrected chi connectivity index (χ3v) is 4.21. The van der Waals surface area contributed by atoms with Crippen molar-refractivity contribution in [2.24, 2.45) is 0 Å². The SMILES string of the molecule is CCCCCCCCCCCCCCCCCCC.N=C=O. The van der Waals surface area contributed by atoms with Gasteiger partial charge in [-0.15, -0.1) is 0 Å². The molecule has 2 nitrogen and oxygen atoms in total. The predicted molar refractivity (Wildman–Crippen MR) is 98.3 cm³/mol. The third kappa shape index (κ3) is 27.7. The van der Waals surface area contributed by atoms with Gasteiger partial charge < -0.3 is 0 Å². The fraction of sp³-hybridized carbons (Fsp3) is 0.950. The van der Waals surface area contributed by atoms with Crippen molar-refractivity contribution in [3.8, 4) is 0 Å². The van der Waals surface area contributed by atoms with E-state index in [1.54, 1.807) is 0 Å². The smallest absolute Gasteiger partial charge is 0.222 e. The molecule has 0 heterocycles. The lowest BCUT2D eigenvalue weighted by atomic mass is 10.0. The summed E-state index contributed by atoms with van der Waals surface area (Å²) >= 11 is 0. The number of unbranched alkanes of at least 4 members (excludes halogenated alkanes) is 16. The molecule has 132 valence electrons. The lowest BCUT2D eigenvalue weighted by molar-refractivity contribution is 0.529. The van der Waals surface area contributed by atoms with Crippen LogP contribution < -0.4 is 0 Å². The molecule has 2 heteroatoms. The molecule has 0 unspecified atom stereocenters. The number of carbonyl (C=O) groups excluding carboxylic acids is 1. The molecule has 0 saturated carbocycles. The van der Waals surface area contributed by atoms with Crippen molar-refractivity contribution in [2.75, 3.05) is 0 Å². The van der Waals surface area contributed by atoms with E-state index in [-0.39, 0.29) is 0 Å². The fourth-order valence-corrected chi connectivity index (χ4v) is 2.80. The Hall–Kier alpha value is -0.620. The van der Waals surface area contributed by atoms with Crippen LogP contribution in [0.3, 0.4) is 0 Å². The van der Waals surface area contributed by atoms with Gasteiger partial charge in [0.05, 0.1) is 0 Å². The fourth-order valence-electron chi connectivity index (χ4n) is 2.80. The van der Waals surface area contributed by atoms with Gasteiger partial charge in [0.1, 0.15) is 0 Å². The lowest BCUT2D eigenvalue weighted by Crippen LogP contribution is -1.83. The summed E-state index contributed by atoms with van der Waals surface area (Å²) in [6, 6.07) is 0. The predicted octanol–water partition coefficient (Wildman–Crippen LogP) is 7.56. The molecule has 0 aliphatic carbocycles. The molecule has 0 amide bonds. The molecule has 0 aromatic rings. The van der Waals surface area contributed by atoms with Gasteiger partial charge in [-0.25, -0.2) is 10.2 Å². The van der Waals surface area contributed by atoms with Crippen molar-refractivity contribution in [3.63, 3.8) is 0 Å². The van der Waals surface area contributed by atoms with E-state index >= 15 is 0 Å². The van der Waals surface area contributed by atoms with Gasteiger partial charge in [0.15, 0.2) is 0 Å². The zero-order valence-corrected chi connectivity index (χ0v) is 15.4. The number of isocyanates is 1. The van der Waals surface area contributed by atoms with Crippen molar-refractivity contribution in [1.82, 2.24) is 0 Å². The molecule has 1 N–H and O–H groups in total. The van der Waals surface area contributed by atoms with Crippen LogP contribution in [0, 0.1) is 5.41 Å². The van der Waals surface area contributed by atoms with Crippen LogP contribution in [0.25, 0.3) is 0 Å². The van der Waals surface area contributed by atoms with E-state index in [0.29, 0.717) is 0 Å². The molecule has 0 atom stereocenters. The molecule has 0 aliphatic heterocycles. The Morgan fingerprint density at radius 1 is 0.500 bits per heavy atom. The van der Waals surface area contributed by atoms with Crippen LogP contribution in [0.5, 0.6) is 0 Å². The maximum Gasteiger partial charge on any atom is 0.231 e. The summed E-state index contributed by atoms with van der Waals surface area (Å²) in [5.41, 5.74) is 0. The molecule has 0 bridgehead atoms. The van der Waals surface area contributed by atoms with E-state index in [4.69, 9.17) is 10.2 Å². The minimum absolute atomic E-state index is 0.750. The van der Waals surface area contributed by atoms with Crippen molar-refractivity contribution in [2.45, 2.75) is 123 Å². The summed E-state index contributed by atoms with van der Waals surface area (Å²) in [6.45, 7) is 4.59. The molecule has 0 spiro atoms. The van der Waals surface area contributed by atoms with Crippen LogP contribution in [0.1, 0.15) is 123 Å². The van der Waals surface area contributed by atoms with E-state index in [2.05, 4.69) is 13.8 Å². The molecule has 0 aromatic heterocycles. The Kier molecular flexibility index (Phi) is 27.2. The monoisotopic (exact) mass is 311 g/mol. The van der Waals surface area contributed by atoms with E-state index in [1.807, 2.05) is 0 Å². The van der Waals surface area contributed by atoms with Gasteiger partial charge in [0.25, 0.3) is 0 Å². The quantitative estimate of drug-likeness (QED) is 0.178. The Bertz CT molecular complexity index is 194. The third-order valence-electron chi connectivity index (χ3n) is 4.21. The number of rotatable bonds is 16. The van der Waals surface area contributed by atoms with Gasteiger partial charge in [0.2, 0.25) is 6.08 Å². The second-order valence-electron chi connectivity index (χ2n) is 6.41. The largest absolute Gasteiger partial charge is 0.231 e. The van der Waals surface area contributed by atoms with E-state index in [1.165, 1.54) is 109 Å². The topological polar surface area (TPSA) is 40.9 Å². The van der Waals surface area contributed by atoms with E-state index < -0.39 is 0 Å². The Balaban J connectivity index is 0. The lowest BCUT2D eigenvalue weighted by Gasteiger charge is -2.03. The summed E-state index contributed by atoms with van der Waals surface area (Å²) in [6.07, 6.45) is 25.7. The molecule has 22 heavy (non-hydrogen) atoms. The zero-order valence-electron chi connectivity index (χ0n) is 15.4. The van der Waals surface area contributed by atoms with E-state index in [0.717, 1.165) is 6.08 Å². The number of hydrogen-bond acceptors (Lipinski definition) is 2. The van der Waals surface area contributed by atoms with Crippen LogP contribution in [-0.4, -0.2) is 6.08 Å². The highest BCUT2D eigenvalue weighted by Gasteiger charge is 1.94. The first-order chi connectivity index (χ1) is 10.8.